The van der Waals surface area contributed by atoms with Crippen molar-refractivity contribution in [2.45, 2.75) is 0 Å². The fourth-order valence-corrected chi connectivity index (χ4v) is 1.79. The number of halogens is 1. The van der Waals surface area contributed by atoms with E-state index in [4.69, 9.17) is 11.6 Å². The van der Waals surface area contributed by atoms with Crippen LogP contribution in [-0.2, 0) is 7.05 Å². The minimum atomic E-state index is 0.471. The van der Waals surface area contributed by atoms with Crippen LogP contribution < -0.4 is 0 Å². The van der Waals surface area contributed by atoms with Gasteiger partial charge in [-0.15, -0.1) is 0 Å². The van der Waals surface area contributed by atoms with Crippen LogP contribution in [0.1, 0.15) is 0 Å². The molecular weight excluding hydrogens is 226 g/mol. The van der Waals surface area contributed by atoms with Crippen molar-refractivity contribution in [3.63, 3.8) is 0 Å². The molecule has 3 aromatic heterocycles. The summed E-state index contributed by atoms with van der Waals surface area (Å²) >= 11 is 5.81. The zero-order valence-electron chi connectivity index (χ0n) is 8.50. The van der Waals surface area contributed by atoms with E-state index < -0.39 is 0 Å². The lowest BCUT2D eigenvalue weighted by atomic mass is 10.3. The van der Waals surface area contributed by atoms with Crippen molar-refractivity contribution in [3.8, 4) is 5.69 Å². The van der Waals surface area contributed by atoms with Crippen LogP contribution in [0.25, 0.3) is 16.6 Å². The summed E-state index contributed by atoms with van der Waals surface area (Å²) in [5, 5.41) is 9.82. The minimum Gasteiger partial charge on any atom is -0.274 e. The Bertz CT molecular complexity index is 654. The summed E-state index contributed by atoms with van der Waals surface area (Å²) in [6.45, 7) is 0. The van der Waals surface area contributed by atoms with Gasteiger partial charge in [0.05, 0.1) is 30.3 Å². The highest BCUT2D eigenvalue weighted by Crippen LogP contribution is 2.19. The van der Waals surface area contributed by atoms with Crippen molar-refractivity contribution >= 4 is 22.5 Å². The Kier molecular flexibility index (Phi) is 1.94. The van der Waals surface area contributed by atoms with Gasteiger partial charge in [-0.3, -0.25) is 4.68 Å². The Morgan fingerprint density at radius 2 is 2.06 bits per heavy atom. The van der Waals surface area contributed by atoms with Crippen LogP contribution in [0, 0.1) is 0 Å². The van der Waals surface area contributed by atoms with Crippen LogP contribution in [0.5, 0.6) is 0 Å². The van der Waals surface area contributed by atoms with Gasteiger partial charge in [0, 0.05) is 12.4 Å². The largest absolute Gasteiger partial charge is 0.274 e. The van der Waals surface area contributed by atoms with Gasteiger partial charge in [0.15, 0.2) is 0 Å². The summed E-state index contributed by atoms with van der Waals surface area (Å²) < 4.78 is 3.51. The summed E-state index contributed by atoms with van der Waals surface area (Å²) in [4.78, 5) is 4.05. The fourth-order valence-electron chi connectivity index (χ4n) is 1.62. The van der Waals surface area contributed by atoms with Gasteiger partial charge in [0.25, 0.3) is 0 Å². The molecule has 0 spiro atoms. The van der Waals surface area contributed by atoms with E-state index in [-0.39, 0.29) is 0 Å². The number of aryl methyl sites for hydroxylation is 1. The summed E-state index contributed by atoms with van der Waals surface area (Å²) in [5.41, 5.74) is 1.82. The average Bonchev–Trinajstić information content (AvgIpc) is 2.83. The highest BCUT2D eigenvalue weighted by atomic mass is 35.5. The van der Waals surface area contributed by atoms with Gasteiger partial charge in [-0.2, -0.15) is 10.2 Å². The van der Waals surface area contributed by atoms with Crippen molar-refractivity contribution in [3.05, 3.63) is 36.0 Å². The maximum absolute atomic E-state index is 5.81. The molecule has 6 heteroatoms. The lowest BCUT2D eigenvalue weighted by Crippen LogP contribution is -1.94. The molecule has 16 heavy (non-hydrogen) atoms. The van der Waals surface area contributed by atoms with E-state index in [1.165, 1.54) is 0 Å². The molecule has 0 unspecified atom stereocenters. The first-order chi connectivity index (χ1) is 7.74. The Labute approximate surface area is 96.3 Å². The molecular formula is C10H8ClN5. The fraction of sp³-hybridized carbons (Fsp3) is 0.100. The van der Waals surface area contributed by atoms with Gasteiger partial charge < -0.3 is 0 Å². The third-order valence-corrected chi connectivity index (χ3v) is 2.56. The van der Waals surface area contributed by atoms with Crippen LogP contribution in [0.3, 0.4) is 0 Å². The van der Waals surface area contributed by atoms with Crippen LogP contribution in [0.4, 0.5) is 0 Å². The van der Waals surface area contributed by atoms with Crippen molar-refractivity contribution in [2.75, 3.05) is 0 Å². The van der Waals surface area contributed by atoms with Crippen LogP contribution in [-0.4, -0.2) is 24.5 Å². The standard InChI is InChI=1S/C10H8ClN5/c1-15-6-8(4-13-15)16-9-5-12-10(11)2-7(9)3-14-16/h2-6H,1H3. The van der Waals surface area contributed by atoms with Gasteiger partial charge in [-0.25, -0.2) is 9.67 Å². The predicted molar refractivity (Wildman–Crippen MR) is 60.6 cm³/mol. The molecule has 0 saturated carbocycles. The van der Waals surface area contributed by atoms with Gasteiger partial charge in [0.2, 0.25) is 0 Å². The van der Waals surface area contributed by atoms with E-state index in [0.29, 0.717) is 5.15 Å². The van der Waals surface area contributed by atoms with Crippen molar-refractivity contribution in [1.29, 1.82) is 0 Å². The predicted octanol–water partition coefficient (Wildman–Crippen LogP) is 1.81. The van der Waals surface area contributed by atoms with E-state index in [9.17, 15) is 0 Å². The Balaban J connectivity index is 2.25. The Morgan fingerprint density at radius 1 is 1.19 bits per heavy atom. The van der Waals surface area contributed by atoms with E-state index in [1.807, 2.05) is 13.2 Å². The molecule has 0 aromatic carbocycles. The quantitative estimate of drug-likeness (QED) is 0.603. The van der Waals surface area contributed by atoms with Gasteiger partial charge in [0.1, 0.15) is 10.8 Å². The second kappa shape index (κ2) is 3.31. The first kappa shape index (κ1) is 9.35. The minimum absolute atomic E-state index is 0.471. The average molecular weight is 234 g/mol. The molecule has 0 radical (unpaired) electrons. The molecule has 0 bridgehead atoms. The molecule has 0 aliphatic carbocycles. The molecule has 0 N–H and O–H groups in total. The molecule has 80 valence electrons. The maximum atomic E-state index is 5.81. The van der Waals surface area contributed by atoms with E-state index in [0.717, 1.165) is 16.6 Å². The molecule has 5 nitrogen and oxygen atoms in total. The summed E-state index contributed by atoms with van der Waals surface area (Å²) in [6.07, 6.45) is 7.11. The van der Waals surface area contributed by atoms with Crippen molar-refractivity contribution in [1.82, 2.24) is 24.5 Å². The molecule has 3 rings (SSSR count). The smallest absolute Gasteiger partial charge is 0.129 e. The summed E-state index contributed by atoms with van der Waals surface area (Å²) in [5.74, 6) is 0. The van der Waals surface area contributed by atoms with E-state index in [2.05, 4.69) is 15.2 Å². The third kappa shape index (κ3) is 1.37. The maximum Gasteiger partial charge on any atom is 0.129 e. The second-order valence-electron chi connectivity index (χ2n) is 3.49. The number of hydrogen-bond acceptors (Lipinski definition) is 3. The number of hydrogen-bond donors (Lipinski definition) is 0. The zero-order chi connectivity index (χ0) is 11.1. The second-order valence-corrected chi connectivity index (χ2v) is 3.88. The van der Waals surface area contributed by atoms with Crippen LogP contribution in [0.2, 0.25) is 5.15 Å². The molecule has 0 aliphatic rings. The van der Waals surface area contributed by atoms with Gasteiger partial charge in [-0.05, 0) is 6.07 Å². The first-order valence-corrected chi connectivity index (χ1v) is 5.10. The number of aromatic nitrogens is 5. The molecule has 0 fully saturated rings. The first-order valence-electron chi connectivity index (χ1n) is 4.72. The highest BCUT2D eigenvalue weighted by Gasteiger charge is 2.07. The number of nitrogens with zero attached hydrogens (tertiary/aromatic N) is 5. The summed E-state index contributed by atoms with van der Waals surface area (Å²) in [6, 6.07) is 1.79. The molecule has 0 atom stereocenters. The highest BCUT2D eigenvalue weighted by molar-refractivity contribution is 6.30. The van der Waals surface area contributed by atoms with E-state index in [1.54, 1.807) is 34.0 Å². The van der Waals surface area contributed by atoms with Gasteiger partial charge >= 0.3 is 0 Å². The number of pyridine rings is 1. The Morgan fingerprint density at radius 3 is 2.81 bits per heavy atom. The van der Waals surface area contributed by atoms with Crippen LogP contribution >= 0.6 is 11.6 Å². The molecule has 3 aromatic rings. The lowest BCUT2D eigenvalue weighted by molar-refractivity contribution is 0.766. The third-order valence-electron chi connectivity index (χ3n) is 2.36. The monoisotopic (exact) mass is 233 g/mol. The van der Waals surface area contributed by atoms with Crippen molar-refractivity contribution < 1.29 is 0 Å². The normalized spacial score (nSPS) is 11.1. The molecule has 0 aliphatic heterocycles. The van der Waals surface area contributed by atoms with Crippen molar-refractivity contribution in [2.24, 2.45) is 7.05 Å². The van der Waals surface area contributed by atoms with Gasteiger partial charge in [-0.1, -0.05) is 11.6 Å². The topological polar surface area (TPSA) is 48.5 Å². The zero-order valence-corrected chi connectivity index (χ0v) is 9.26. The van der Waals surface area contributed by atoms with E-state index >= 15 is 0 Å². The molecule has 0 saturated heterocycles. The van der Waals surface area contributed by atoms with Crippen LogP contribution in [0.15, 0.2) is 30.9 Å². The lowest BCUT2D eigenvalue weighted by Gasteiger charge is -1.98. The SMILES string of the molecule is Cn1cc(-n2ncc3cc(Cl)ncc32)cn1. The molecule has 0 amide bonds. The number of rotatable bonds is 1. The molecule has 3 heterocycles. The summed E-state index contributed by atoms with van der Waals surface area (Å²) in [7, 11) is 1.87. The Hall–Kier alpha value is -1.88. The number of fused-ring (bicyclic) bond motifs is 1.